The Morgan fingerprint density at radius 2 is 1.90 bits per heavy atom. The Hall–Kier alpha value is -1.96. The fourth-order valence-corrected chi connectivity index (χ4v) is 7.16. The number of carbonyl (C=O) groups excluding carboxylic acids is 2. The van der Waals surface area contributed by atoms with Crippen LogP contribution in [-0.2, 0) is 19.1 Å². The molecule has 172 valence electrons. The van der Waals surface area contributed by atoms with Crippen molar-refractivity contribution in [1.82, 2.24) is 0 Å². The summed E-state index contributed by atoms with van der Waals surface area (Å²) in [6.07, 6.45) is 2.51. The van der Waals surface area contributed by atoms with Crippen molar-refractivity contribution in [2.45, 2.75) is 77.2 Å². The molecule has 2 N–H and O–H groups in total. The summed E-state index contributed by atoms with van der Waals surface area (Å²) in [5.74, 6) is -5.29. The summed E-state index contributed by atoms with van der Waals surface area (Å²) in [5, 5.41) is 20.8. The van der Waals surface area contributed by atoms with Crippen LogP contribution in [0.3, 0.4) is 0 Å². The van der Waals surface area contributed by atoms with Crippen LogP contribution in [0.2, 0.25) is 0 Å². The third-order valence-electron chi connectivity index (χ3n) is 9.02. The van der Waals surface area contributed by atoms with Crippen molar-refractivity contribution in [2.75, 3.05) is 6.61 Å². The summed E-state index contributed by atoms with van der Waals surface area (Å²) in [6.45, 7) is 5.38. The smallest absolute Gasteiger partial charge is 0.481 e. The maximum absolute atomic E-state index is 17.0. The van der Waals surface area contributed by atoms with Gasteiger partial charge in [0, 0.05) is 17.3 Å². The van der Waals surface area contributed by atoms with Crippen molar-refractivity contribution in [1.29, 1.82) is 0 Å². The van der Waals surface area contributed by atoms with E-state index in [1.54, 1.807) is 13.8 Å². The molecule has 7 atom stereocenters. The first-order valence-corrected chi connectivity index (χ1v) is 11.2. The molecule has 7 nitrogen and oxygen atoms in total. The van der Waals surface area contributed by atoms with E-state index >= 15 is 4.39 Å². The molecular formula is C23H31FO7. The Kier molecular flexibility index (Phi) is 5.04. The lowest BCUT2D eigenvalue weighted by Crippen LogP contribution is -2.63. The number of aliphatic carboxylic acids is 1. The van der Waals surface area contributed by atoms with Crippen molar-refractivity contribution < 1.29 is 38.5 Å². The highest BCUT2D eigenvalue weighted by atomic mass is 19.1. The van der Waals surface area contributed by atoms with Gasteiger partial charge in [0.25, 0.3) is 0 Å². The van der Waals surface area contributed by atoms with E-state index in [9.17, 15) is 24.6 Å². The average molecular weight is 438 g/mol. The molecule has 0 radical (unpaired) electrons. The number of ketones is 1. The van der Waals surface area contributed by atoms with Crippen LogP contribution in [0.15, 0.2) is 11.6 Å². The highest BCUT2D eigenvalue weighted by Gasteiger charge is 2.72. The quantitative estimate of drug-likeness (QED) is 0.392. The zero-order valence-corrected chi connectivity index (χ0v) is 18.3. The molecule has 0 heterocycles. The predicted octanol–water partition coefficient (Wildman–Crippen LogP) is 3.78. The number of halogens is 1. The van der Waals surface area contributed by atoms with Gasteiger partial charge in [0.05, 0.1) is 6.61 Å². The third-order valence-corrected chi connectivity index (χ3v) is 9.02. The lowest BCUT2D eigenvalue weighted by molar-refractivity contribution is -0.263. The second-order valence-corrected chi connectivity index (χ2v) is 10.1. The van der Waals surface area contributed by atoms with Gasteiger partial charge in [-0.15, -0.1) is 0 Å². The molecule has 3 saturated carbocycles. The van der Waals surface area contributed by atoms with E-state index in [2.05, 4.69) is 0 Å². The van der Waals surface area contributed by atoms with Gasteiger partial charge in [-0.3, -0.25) is 9.59 Å². The number of aliphatic hydroxyl groups is 1. The fourth-order valence-electron chi connectivity index (χ4n) is 7.16. The monoisotopic (exact) mass is 438 g/mol. The van der Waals surface area contributed by atoms with Gasteiger partial charge in [-0.1, -0.05) is 19.4 Å². The maximum Gasteiger partial charge on any atom is 0.510 e. The standard InChI is InChI=1S/C23H31FO7/c1-4-30-19(28)31-23(29)8-7-15-16-6-5-13-11-17(25)14(18(26)27)12-21(13,3)22(16,24)10-9-20(15,23)2/h11,14-16,29H,4-10,12H2,1-3H3,(H,26,27)/t14?,15-,16-,20-,21-,22-,23?/m0/s1. The van der Waals surface area contributed by atoms with Crippen LogP contribution in [0.25, 0.3) is 0 Å². The number of carbonyl (C=O) groups is 3. The second-order valence-electron chi connectivity index (χ2n) is 10.1. The Balaban J connectivity index is 1.68. The zero-order valence-electron chi connectivity index (χ0n) is 18.3. The highest BCUT2D eigenvalue weighted by Crippen LogP contribution is 2.70. The number of hydrogen-bond donors (Lipinski definition) is 2. The van der Waals surface area contributed by atoms with Crippen LogP contribution in [0.5, 0.6) is 0 Å². The first-order chi connectivity index (χ1) is 14.4. The molecule has 2 unspecified atom stereocenters. The van der Waals surface area contributed by atoms with Gasteiger partial charge in [-0.05, 0) is 63.4 Å². The summed E-state index contributed by atoms with van der Waals surface area (Å²) < 4.78 is 27.2. The first kappa shape index (κ1) is 22.2. The lowest BCUT2D eigenvalue weighted by atomic mass is 9.45. The van der Waals surface area contributed by atoms with E-state index in [4.69, 9.17) is 9.47 Å². The molecule has 0 aromatic rings. The Bertz CT molecular complexity index is 855. The van der Waals surface area contributed by atoms with E-state index in [-0.39, 0.29) is 38.2 Å². The van der Waals surface area contributed by atoms with Crippen LogP contribution < -0.4 is 0 Å². The van der Waals surface area contributed by atoms with E-state index in [1.165, 1.54) is 6.08 Å². The fraction of sp³-hybridized carbons (Fsp3) is 0.783. The third kappa shape index (κ3) is 2.90. The molecule has 0 bridgehead atoms. The molecule has 4 aliphatic rings. The number of ether oxygens (including phenoxy) is 2. The number of allylic oxidation sites excluding steroid dienone is 1. The number of alkyl halides is 1. The summed E-state index contributed by atoms with van der Waals surface area (Å²) in [6, 6.07) is 0. The molecule has 0 aromatic carbocycles. The molecule has 0 aromatic heterocycles. The van der Waals surface area contributed by atoms with E-state index in [1.807, 2.05) is 6.92 Å². The topological polar surface area (TPSA) is 110 Å². The van der Waals surface area contributed by atoms with Crippen molar-refractivity contribution in [3.63, 3.8) is 0 Å². The van der Waals surface area contributed by atoms with E-state index in [0.717, 1.165) is 0 Å². The molecule has 0 aliphatic heterocycles. The number of fused-ring (bicyclic) bond motifs is 5. The Morgan fingerprint density at radius 1 is 1.19 bits per heavy atom. The lowest BCUT2D eigenvalue weighted by Gasteiger charge is -2.61. The molecule has 3 fully saturated rings. The Morgan fingerprint density at radius 3 is 2.55 bits per heavy atom. The molecule has 31 heavy (non-hydrogen) atoms. The van der Waals surface area contributed by atoms with Crippen LogP contribution in [0.4, 0.5) is 9.18 Å². The van der Waals surface area contributed by atoms with Crippen molar-refractivity contribution in [3.05, 3.63) is 11.6 Å². The van der Waals surface area contributed by atoms with Crippen LogP contribution in [0.1, 0.15) is 65.7 Å². The molecule has 0 spiro atoms. The highest BCUT2D eigenvalue weighted by molar-refractivity contribution is 6.05. The molecule has 0 saturated heterocycles. The largest absolute Gasteiger partial charge is 0.510 e. The average Bonchev–Trinajstić information content (AvgIpc) is 2.94. The van der Waals surface area contributed by atoms with Gasteiger partial charge in [0.15, 0.2) is 5.78 Å². The van der Waals surface area contributed by atoms with Gasteiger partial charge in [-0.2, -0.15) is 0 Å². The minimum atomic E-state index is -1.73. The number of rotatable bonds is 3. The Labute approximate surface area is 181 Å². The molecule has 4 aliphatic carbocycles. The predicted molar refractivity (Wildman–Crippen MR) is 107 cm³/mol. The summed E-state index contributed by atoms with van der Waals surface area (Å²) in [7, 11) is 0. The van der Waals surface area contributed by atoms with Crippen LogP contribution in [-0.4, -0.2) is 46.2 Å². The number of hydrogen-bond acceptors (Lipinski definition) is 6. The van der Waals surface area contributed by atoms with Gasteiger partial charge in [0.1, 0.15) is 11.6 Å². The summed E-state index contributed by atoms with van der Waals surface area (Å²) in [5.41, 5.74) is -2.86. The van der Waals surface area contributed by atoms with Gasteiger partial charge < -0.3 is 19.7 Å². The van der Waals surface area contributed by atoms with Crippen LogP contribution >= 0.6 is 0 Å². The second kappa shape index (κ2) is 7.02. The van der Waals surface area contributed by atoms with Gasteiger partial charge in [-0.25, -0.2) is 9.18 Å². The van der Waals surface area contributed by atoms with Crippen molar-refractivity contribution in [3.8, 4) is 0 Å². The SMILES string of the molecule is CCOC(=O)OC1(O)CC[C@H]2[C@@H]3CCC4=CC(=O)C(C(=O)O)C[C@]4(C)[C@]3(F)CC[C@@]21C. The zero-order chi connectivity index (χ0) is 22.8. The van der Waals surface area contributed by atoms with Gasteiger partial charge >= 0.3 is 12.1 Å². The summed E-state index contributed by atoms with van der Waals surface area (Å²) in [4.78, 5) is 35.9. The molecule has 0 amide bonds. The normalized spacial score (nSPS) is 46.3. The number of carboxylic acid groups (broad SMARTS) is 1. The first-order valence-electron chi connectivity index (χ1n) is 11.2. The minimum Gasteiger partial charge on any atom is -0.481 e. The van der Waals surface area contributed by atoms with E-state index in [0.29, 0.717) is 24.8 Å². The summed E-state index contributed by atoms with van der Waals surface area (Å²) >= 11 is 0. The molecule has 8 heteroatoms. The van der Waals surface area contributed by atoms with Crippen molar-refractivity contribution >= 4 is 17.9 Å². The molecular weight excluding hydrogens is 407 g/mol. The van der Waals surface area contributed by atoms with Gasteiger partial charge in [0.2, 0.25) is 5.79 Å². The van der Waals surface area contributed by atoms with Crippen molar-refractivity contribution in [2.24, 2.45) is 28.6 Å². The minimum absolute atomic E-state index is 0.0486. The van der Waals surface area contributed by atoms with E-state index < -0.39 is 52.0 Å². The number of carboxylic acids is 1. The molecule has 4 rings (SSSR count). The maximum atomic E-state index is 17.0. The van der Waals surface area contributed by atoms with Crippen LogP contribution in [0, 0.1) is 28.6 Å².